The summed E-state index contributed by atoms with van der Waals surface area (Å²) in [6, 6.07) is 1.65. The lowest BCUT2D eigenvalue weighted by molar-refractivity contribution is -0.384. The molecule has 1 aliphatic rings. The highest BCUT2D eigenvalue weighted by Gasteiger charge is 2.28. The zero-order valence-corrected chi connectivity index (χ0v) is 14.7. The van der Waals surface area contributed by atoms with Crippen LogP contribution in [0.5, 0.6) is 5.88 Å². The minimum Gasteiger partial charge on any atom is -0.478 e. The number of ether oxygens (including phenoxy) is 2. The van der Waals surface area contributed by atoms with Gasteiger partial charge in [-0.3, -0.25) is 14.9 Å². The van der Waals surface area contributed by atoms with Gasteiger partial charge in [-0.25, -0.2) is 4.98 Å². The van der Waals surface area contributed by atoms with Crippen molar-refractivity contribution in [1.29, 1.82) is 0 Å². The second-order valence-corrected chi connectivity index (χ2v) is 6.09. The van der Waals surface area contributed by atoms with Crippen LogP contribution in [-0.2, 0) is 9.53 Å². The number of rotatable bonds is 8. The van der Waals surface area contributed by atoms with Crippen molar-refractivity contribution in [2.24, 2.45) is 5.92 Å². The molecule has 0 bridgehead atoms. The normalized spacial score (nSPS) is 19.9. The van der Waals surface area contributed by atoms with E-state index in [2.05, 4.69) is 10.3 Å². The Bertz CT molecular complexity index is 600. The maximum atomic E-state index is 11.8. The number of nitrogens with zero attached hydrogens (tertiary/aromatic N) is 2. The van der Waals surface area contributed by atoms with Crippen LogP contribution >= 0.6 is 0 Å². The lowest BCUT2D eigenvalue weighted by Crippen LogP contribution is -2.30. The van der Waals surface area contributed by atoms with Gasteiger partial charge in [0.1, 0.15) is 11.9 Å². The van der Waals surface area contributed by atoms with Gasteiger partial charge in [0.15, 0.2) is 0 Å². The zero-order valence-electron chi connectivity index (χ0n) is 14.7. The number of pyridine rings is 1. The van der Waals surface area contributed by atoms with Gasteiger partial charge in [-0.1, -0.05) is 6.92 Å². The molecule has 1 heterocycles. The summed E-state index contributed by atoms with van der Waals surface area (Å²) in [5.74, 6) is 0.148. The molecular formula is C17H25N3O5. The highest BCUT2D eigenvalue weighted by molar-refractivity contribution is 5.72. The fraction of sp³-hybridized carbons (Fsp3) is 0.647. The Balaban J connectivity index is 2.01. The molecule has 8 heteroatoms. The number of hydrogen-bond donors (Lipinski definition) is 1. The summed E-state index contributed by atoms with van der Waals surface area (Å²) in [6.07, 6.45) is 5.00. The second-order valence-electron chi connectivity index (χ2n) is 6.09. The maximum absolute atomic E-state index is 11.8. The van der Waals surface area contributed by atoms with Crippen LogP contribution in [0.3, 0.4) is 0 Å². The van der Waals surface area contributed by atoms with E-state index in [1.165, 1.54) is 6.20 Å². The van der Waals surface area contributed by atoms with Crippen LogP contribution in [-0.4, -0.2) is 35.1 Å². The van der Waals surface area contributed by atoms with Crippen LogP contribution in [0, 0.1) is 16.0 Å². The maximum Gasteiger partial charge on any atom is 0.310 e. The smallest absolute Gasteiger partial charge is 0.310 e. The van der Waals surface area contributed by atoms with Gasteiger partial charge >= 0.3 is 11.7 Å². The van der Waals surface area contributed by atoms with E-state index in [-0.39, 0.29) is 23.6 Å². The molecule has 1 N–H and O–H groups in total. The Morgan fingerprint density at radius 1 is 1.36 bits per heavy atom. The molecule has 1 aromatic heterocycles. The van der Waals surface area contributed by atoms with Crippen molar-refractivity contribution in [2.45, 2.75) is 52.0 Å². The number of carbonyl (C=O) groups excluding carboxylic acids is 1. The summed E-state index contributed by atoms with van der Waals surface area (Å²) in [5, 5.41) is 14.5. The molecule has 138 valence electrons. The zero-order chi connectivity index (χ0) is 18.2. The minimum absolute atomic E-state index is 0.0728. The van der Waals surface area contributed by atoms with Crippen molar-refractivity contribution in [2.75, 3.05) is 18.5 Å². The quantitative estimate of drug-likeness (QED) is 0.435. The van der Waals surface area contributed by atoms with Crippen molar-refractivity contribution in [3.05, 3.63) is 22.4 Å². The van der Waals surface area contributed by atoms with E-state index in [0.29, 0.717) is 37.6 Å². The van der Waals surface area contributed by atoms with Gasteiger partial charge in [0.25, 0.3) is 0 Å². The Morgan fingerprint density at radius 3 is 2.68 bits per heavy atom. The molecule has 1 saturated carbocycles. The van der Waals surface area contributed by atoms with Crippen molar-refractivity contribution < 1.29 is 19.2 Å². The van der Waals surface area contributed by atoms with Gasteiger partial charge in [-0.2, -0.15) is 0 Å². The largest absolute Gasteiger partial charge is 0.478 e. The summed E-state index contributed by atoms with van der Waals surface area (Å²) < 4.78 is 10.5. The number of hydrogen-bond acceptors (Lipinski definition) is 7. The third kappa shape index (κ3) is 5.30. The third-order valence-corrected chi connectivity index (χ3v) is 4.22. The predicted molar refractivity (Wildman–Crippen MR) is 92.7 cm³/mol. The van der Waals surface area contributed by atoms with Crippen LogP contribution in [0.2, 0.25) is 0 Å². The Hall–Kier alpha value is -2.38. The second kappa shape index (κ2) is 9.19. The summed E-state index contributed by atoms with van der Waals surface area (Å²) >= 11 is 0. The first kappa shape index (κ1) is 19.0. The lowest BCUT2D eigenvalue weighted by Gasteiger charge is -2.28. The van der Waals surface area contributed by atoms with Crippen molar-refractivity contribution in [3.8, 4) is 5.88 Å². The molecule has 8 nitrogen and oxygen atoms in total. The summed E-state index contributed by atoms with van der Waals surface area (Å²) in [4.78, 5) is 26.5. The van der Waals surface area contributed by atoms with Crippen LogP contribution in [0.25, 0.3) is 0 Å². The van der Waals surface area contributed by atoms with Crippen LogP contribution in [0.15, 0.2) is 12.3 Å². The van der Waals surface area contributed by atoms with E-state index in [1.807, 2.05) is 6.92 Å². The van der Waals surface area contributed by atoms with Crippen LogP contribution in [0.1, 0.15) is 46.0 Å². The van der Waals surface area contributed by atoms with Crippen molar-refractivity contribution in [3.63, 3.8) is 0 Å². The average molecular weight is 351 g/mol. The van der Waals surface area contributed by atoms with Gasteiger partial charge in [-0.05, 0) is 39.0 Å². The Morgan fingerprint density at radius 2 is 2.08 bits per heavy atom. The van der Waals surface area contributed by atoms with Gasteiger partial charge in [-0.15, -0.1) is 0 Å². The van der Waals surface area contributed by atoms with E-state index >= 15 is 0 Å². The summed E-state index contributed by atoms with van der Waals surface area (Å²) in [5.41, 5.74) is 0.335. The van der Waals surface area contributed by atoms with E-state index in [0.717, 1.165) is 19.3 Å². The molecule has 0 saturated heterocycles. The van der Waals surface area contributed by atoms with E-state index in [1.54, 1.807) is 13.0 Å². The van der Waals surface area contributed by atoms with Crippen LogP contribution < -0.4 is 10.1 Å². The van der Waals surface area contributed by atoms with Crippen molar-refractivity contribution >= 4 is 17.3 Å². The first-order chi connectivity index (χ1) is 12.0. The topological polar surface area (TPSA) is 104 Å². The number of nitrogens with one attached hydrogen (secondary N) is 1. The van der Waals surface area contributed by atoms with Gasteiger partial charge in [0, 0.05) is 12.1 Å². The number of aromatic nitrogens is 1. The highest BCUT2D eigenvalue weighted by atomic mass is 16.6. The molecule has 0 aromatic carbocycles. The molecule has 1 aromatic rings. The standard InChI is InChI=1S/C17H25N3O5/c1-3-9-25-16-10-14(15(11-18-16)20(22)23)19-13-7-5-12(6-8-13)17(21)24-4-2/h10-13H,3-9H2,1-2H3,(H,18,19). The monoisotopic (exact) mass is 351 g/mol. The molecule has 1 fully saturated rings. The molecule has 0 atom stereocenters. The number of anilines is 1. The molecular weight excluding hydrogens is 326 g/mol. The van der Waals surface area contributed by atoms with E-state index in [9.17, 15) is 14.9 Å². The first-order valence-electron chi connectivity index (χ1n) is 8.75. The molecule has 1 aliphatic carbocycles. The van der Waals surface area contributed by atoms with Gasteiger partial charge in [0.2, 0.25) is 5.88 Å². The van der Waals surface area contributed by atoms with Crippen molar-refractivity contribution in [1.82, 2.24) is 4.98 Å². The number of nitro groups is 1. The average Bonchev–Trinajstić information content (AvgIpc) is 2.60. The Labute approximate surface area is 147 Å². The fourth-order valence-corrected chi connectivity index (χ4v) is 2.93. The SMILES string of the molecule is CCCOc1cc(NC2CCC(C(=O)OCC)CC2)c([N+](=O)[O-])cn1. The lowest BCUT2D eigenvalue weighted by atomic mass is 9.86. The van der Waals surface area contributed by atoms with Crippen LogP contribution in [0.4, 0.5) is 11.4 Å². The summed E-state index contributed by atoms with van der Waals surface area (Å²) in [6.45, 7) is 4.67. The molecule has 0 spiro atoms. The molecule has 25 heavy (non-hydrogen) atoms. The van der Waals surface area contributed by atoms with E-state index < -0.39 is 4.92 Å². The molecule has 0 radical (unpaired) electrons. The number of esters is 1. The highest BCUT2D eigenvalue weighted by Crippen LogP contribution is 2.32. The first-order valence-corrected chi connectivity index (χ1v) is 8.75. The predicted octanol–water partition coefficient (Wildman–Crippen LogP) is 3.31. The van der Waals surface area contributed by atoms with Gasteiger partial charge in [0.05, 0.1) is 24.1 Å². The minimum atomic E-state index is -0.455. The van der Waals surface area contributed by atoms with E-state index in [4.69, 9.17) is 9.47 Å². The number of carbonyl (C=O) groups is 1. The van der Waals surface area contributed by atoms with Gasteiger partial charge < -0.3 is 14.8 Å². The Kier molecular flexibility index (Phi) is 6.97. The third-order valence-electron chi connectivity index (χ3n) is 4.22. The summed E-state index contributed by atoms with van der Waals surface area (Å²) in [7, 11) is 0. The molecule has 0 unspecified atom stereocenters. The molecule has 2 rings (SSSR count). The molecule has 0 amide bonds. The molecule has 0 aliphatic heterocycles. The fourth-order valence-electron chi connectivity index (χ4n) is 2.93.